The number of aliphatic hydroxyl groups excluding tert-OH is 1. The molecule has 1 aliphatic rings. The van der Waals surface area contributed by atoms with Gasteiger partial charge in [0.15, 0.2) is 10.9 Å². The number of nitro benzene ring substituents is 1. The number of nitrogens with zero attached hydrogens (tertiary/aromatic N) is 3. The normalized spacial score (nSPS) is 17.2. The molecule has 11 heteroatoms. The highest BCUT2D eigenvalue weighted by atomic mass is 32.1. The molecule has 0 radical (unpaired) electrons. The molecule has 0 bridgehead atoms. The van der Waals surface area contributed by atoms with Gasteiger partial charge in [0.05, 0.1) is 21.2 Å². The standard InChI is InChI=1S/C25H15F2N3O5S/c1-12-4-2-5-13(8-12)21-19(22(31)14-6-3-7-16(9-14)30(34)35)23(32)24(33)29(21)25-28-20-17(27)10-15(26)11-18(20)36-25/h2-11,21,31H,1H3/b22-19+. The topological polar surface area (TPSA) is 114 Å². The number of benzene rings is 3. The number of hydrogen-bond acceptors (Lipinski definition) is 7. The second-order valence-corrected chi connectivity index (χ2v) is 9.13. The van der Waals surface area contributed by atoms with Crippen LogP contribution < -0.4 is 4.90 Å². The highest BCUT2D eigenvalue weighted by Crippen LogP contribution is 2.45. The second-order valence-electron chi connectivity index (χ2n) is 8.12. The van der Waals surface area contributed by atoms with E-state index >= 15 is 0 Å². The van der Waals surface area contributed by atoms with Crippen LogP contribution in [0.4, 0.5) is 19.6 Å². The van der Waals surface area contributed by atoms with Gasteiger partial charge in [0.1, 0.15) is 17.1 Å². The van der Waals surface area contributed by atoms with Gasteiger partial charge in [-0.1, -0.05) is 53.3 Å². The lowest BCUT2D eigenvalue weighted by atomic mass is 9.94. The predicted octanol–water partition coefficient (Wildman–Crippen LogP) is 5.42. The van der Waals surface area contributed by atoms with Crippen LogP contribution in [0.3, 0.4) is 0 Å². The summed E-state index contributed by atoms with van der Waals surface area (Å²) in [7, 11) is 0. The number of thiazole rings is 1. The summed E-state index contributed by atoms with van der Waals surface area (Å²) in [5, 5.41) is 22.3. The number of amides is 1. The van der Waals surface area contributed by atoms with Crippen LogP contribution in [-0.2, 0) is 9.59 Å². The first kappa shape index (κ1) is 23.2. The third-order valence-electron chi connectivity index (χ3n) is 5.74. The average Bonchev–Trinajstić information content (AvgIpc) is 3.37. The molecule has 4 aromatic rings. The van der Waals surface area contributed by atoms with Crippen molar-refractivity contribution >= 4 is 49.8 Å². The van der Waals surface area contributed by atoms with Crippen molar-refractivity contribution in [2.24, 2.45) is 0 Å². The Balaban J connectivity index is 1.75. The fourth-order valence-corrected chi connectivity index (χ4v) is 5.19. The van der Waals surface area contributed by atoms with E-state index in [0.29, 0.717) is 11.6 Å². The lowest BCUT2D eigenvalue weighted by molar-refractivity contribution is -0.384. The van der Waals surface area contributed by atoms with Gasteiger partial charge in [0, 0.05) is 23.8 Å². The van der Waals surface area contributed by atoms with Crippen LogP contribution in [0.25, 0.3) is 16.0 Å². The molecule has 2 heterocycles. The van der Waals surface area contributed by atoms with E-state index in [2.05, 4.69) is 4.98 Å². The Bertz CT molecular complexity index is 1630. The highest BCUT2D eigenvalue weighted by Gasteiger charge is 2.48. The number of aromatic nitrogens is 1. The Morgan fingerprint density at radius 2 is 1.86 bits per heavy atom. The van der Waals surface area contributed by atoms with Crippen molar-refractivity contribution < 1.29 is 28.4 Å². The SMILES string of the molecule is Cc1cccc(C2/C(=C(\O)c3cccc([N+](=O)[O-])c3)C(=O)C(=O)N2c2nc3c(F)cc(F)cc3s2)c1. The van der Waals surface area contributed by atoms with Gasteiger partial charge < -0.3 is 5.11 Å². The molecule has 0 aliphatic carbocycles. The minimum absolute atomic E-state index is 0.0303. The number of carbonyl (C=O) groups is 2. The molecule has 5 rings (SSSR count). The Morgan fingerprint density at radius 1 is 1.11 bits per heavy atom. The zero-order valence-corrected chi connectivity index (χ0v) is 19.3. The van der Waals surface area contributed by atoms with Crippen LogP contribution in [0.2, 0.25) is 0 Å². The maximum Gasteiger partial charge on any atom is 0.301 e. The van der Waals surface area contributed by atoms with E-state index < -0.39 is 40.0 Å². The average molecular weight is 507 g/mol. The molecule has 1 fully saturated rings. The van der Waals surface area contributed by atoms with E-state index in [1.54, 1.807) is 31.2 Å². The molecule has 1 aliphatic heterocycles. The van der Waals surface area contributed by atoms with Gasteiger partial charge in [0.25, 0.3) is 11.5 Å². The molecule has 0 saturated carbocycles. The number of non-ortho nitro benzene ring substituents is 1. The molecule has 0 spiro atoms. The summed E-state index contributed by atoms with van der Waals surface area (Å²) in [6.45, 7) is 1.80. The van der Waals surface area contributed by atoms with Crippen LogP contribution in [0, 0.1) is 28.7 Å². The summed E-state index contributed by atoms with van der Waals surface area (Å²) < 4.78 is 28.3. The molecule has 8 nitrogen and oxygen atoms in total. The highest BCUT2D eigenvalue weighted by molar-refractivity contribution is 7.22. The maximum atomic E-state index is 14.4. The van der Waals surface area contributed by atoms with Crippen LogP contribution in [0.15, 0.2) is 66.2 Å². The summed E-state index contributed by atoms with van der Waals surface area (Å²) >= 11 is 0.815. The number of aryl methyl sites for hydroxylation is 1. The molecule has 180 valence electrons. The Hall–Kier alpha value is -4.51. The summed E-state index contributed by atoms with van der Waals surface area (Å²) in [4.78, 5) is 42.2. The maximum absolute atomic E-state index is 14.4. The lowest BCUT2D eigenvalue weighted by Crippen LogP contribution is -2.29. The first-order chi connectivity index (χ1) is 17.2. The molecule has 1 saturated heterocycles. The van der Waals surface area contributed by atoms with E-state index in [4.69, 9.17) is 0 Å². The molecule has 1 aromatic heterocycles. The first-order valence-electron chi connectivity index (χ1n) is 10.5. The molecule has 3 aromatic carbocycles. The van der Waals surface area contributed by atoms with E-state index in [-0.39, 0.29) is 32.2 Å². The van der Waals surface area contributed by atoms with Crippen molar-refractivity contribution in [3.05, 3.63) is 105 Å². The first-order valence-corrected chi connectivity index (χ1v) is 11.4. The van der Waals surface area contributed by atoms with Crippen molar-refractivity contribution in [1.82, 2.24) is 4.98 Å². The smallest absolute Gasteiger partial charge is 0.301 e. The fraction of sp³-hybridized carbons (Fsp3) is 0.0800. The largest absolute Gasteiger partial charge is 0.507 e. The molecule has 1 amide bonds. The zero-order chi connectivity index (χ0) is 25.7. The van der Waals surface area contributed by atoms with Crippen molar-refractivity contribution in [3.8, 4) is 0 Å². The van der Waals surface area contributed by atoms with Crippen molar-refractivity contribution in [2.45, 2.75) is 13.0 Å². The summed E-state index contributed by atoms with van der Waals surface area (Å²) in [6, 6.07) is 12.4. The third-order valence-corrected chi connectivity index (χ3v) is 6.74. The summed E-state index contributed by atoms with van der Waals surface area (Å²) in [5.41, 5.74) is 0.427. The van der Waals surface area contributed by atoms with E-state index in [1.165, 1.54) is 18.2 Å². The van der Waals surface area contributed by atoms with Crippen LogP contribution in [0.5, 0.6) is 0 Å². The Kier molecular flexibility index (Phi) is 5.56. The van der Waals surface area contributed by atoms with Gasteiger partial charge in [-0.2, -0.15) is 0 Å². The molecule has 1 atom stereocenters. The van der Waals surface area contributed by atoms with Gasteiger partial charge in [0.2, 0.25) is 0 Å². The molecule has 1 unspecified atom stereocenters. The summed E-state index contributed by atoms with van der Waals surface area (Å²) in [5.74, 6) is -4.43. The number of nitro groups is 1. The quantitative estimate of drug-likeness (QED) is 0.130. The molecule has 36 heavy (non-hydrogen) atoms. The van der Waals surface area contributed by atoms with Crippen LogP contribution in [0.1, 0.15) is 22.7 Å². The van der Waals surface area contributed by atoms with Gasteiger partial charge in [-0.05, 0) is 18.6 Å². The van der Waals surface area contributed by atoms with Crippen LogP contribution >= 0.6 is 11.3 Å². The molecule has 1 N–H and O–H groups in total. The predicted molar refractivity (Wildman–Crippen MR) is 129 cm³/mol. The number of hydrogen-bond donors (Lipinski definition) is 1. The number of anilines is 1. The minimum atomic E-state index is -1.17. The van der Waals surface area contributed by atoms with E-state index in [1.807, 2.05) is 0 Å². The Labute approximate surface area is 205 Å². The minimum Gasteiger partial charge on any atom is -0.507 e. The number of halogens is 2. The Morgan fingerprint density at radius 3 is 2.58 bits per heavy atom. The van der Waals surface area contributed by atoms with Crippen molar-refractivity contribution in [2.75, 3.05) is 4.90 Å². The third kappa shape index (κ3) is 3.79. The number of carbonyl (C=O) groups excluding carboxylic acids is 2. The summed E-state index contributed by atoms with van der Waals surface area (Å²) in [6.07, 6.45) is 0. The zero-order valence-electron chi connectivity index (χ0n) is 18.4. The number of ketones is 1. The van der Waals surface area contributed by atoms with Crippen molar-refractivity contribution in [3.63, 3.8) is 0 Å². The van der Waals surface area contributed by atoms with Crippen LogP contribution in [-0.4, -0.2) is 26.7 Å². The van der Waals surface area contributed by atoms with Gasteiger partial charge >= 0.3 is 5.91 Å². The van der Waals surface area contributed by atoms with Gasteiger partial charge in [-0.3, -0.25) is 24.6 Å². The monoisotopic (exact) mass is 507 g/mol. The number of aliphatic hydroxyl groups is 1. The number of rotatable bonds is 4. The lowest BCUT2D eigenvalue weighted by Gasteiger charge is -2.23. The second kappa shape index (κ2) is 8.61. The number of fused-ring (bicyclic) bond motifs is 1. The van der Waals surface area contributed by atoms with Gasteiger partial charge in [-0.15, -0.1) is 0 Å². The number of Topliss-reactive ketones (excluding diaryl/α,β-unsaturated/α-hetero) is 1. The van der Waals surface area contributed by atoms with E-state index in [9.17, 15) is 33.6 Å². The van der Waals surface area contributed by atoms with E-state index in [0.717, 1.165) is 33.9 Å². The fourth-order valence-electron chi connectivity index (χ4n) is 4.16. The van der Waals surface area contributed by atoms with Crippen molar-refractivity contribution in [1.29, 1.82) is 0 Å². The molecular weight excluding hydrogens is 492 g/mol. The molecular formula is C25H15F2N3O5S. The van der Waals surface area contributed by atoms with Gasteiger partial charge in [-0.25, -0.2) is 13.8 Å².